The lowest BCUT2D eigenvalue weighted by atomic mass is 10.1. The number of aromatic nitrogens is 3. The molecular weight excluding hydrogens is 276 g/mol. The molecule has 0 spiro atoms. The zero-order valence-electron chi connectivity index (χ0n) is 12.5. The Balaban J connectivity index is 1.74. The van der Waals surface area contributed by atoms with Gasteiger partial charge in [-0.1, -0.05) is 42.5 Å². The maximum Gasteiger partial charge on any atom is 0.251 e. The first-order valence-corrected chi connectivity index (χ1v) is 7.43. The maximum absolute atomic E-state index is 12.2. The predicted molar refractivity (Wildman–Crippen MR) is 85.4 cm³/mol. The molecule has 0 aliphatic heterocycles. The van der Waals surface area contributed by atoms with Crippen molar-refractivity contribution in [2.24, 2.45) is 0 Å². The third kappa shape index (κ3) is 2.98. The smallest absolute Gasteiger partial charge is 0.251 e. The SMILES string of the molecule is CCCn1nnc2cc(C(=O)NCc3ccccc3)ccc21. The number of fused-ring (bicyclic) bond motifs is 1. The van der Waals surface area contributed by atoms with E-state index in [0.29, 0.717) is 12.1 Å². The van der Waals surface area contributed by atoms with Gasteiger partial charge in [-0.3, -0.25) is 4.79 Å². The van der Waals surface area contributed by atoms with Crippen molar-refractivity contribution in [3.05, 3.63) is 59.7 Å². The highest BCUT2D eigenvalue weighted by Crippen LogP contribution is 2.14. The van der Waals surface area contributed by atoms with Crippen molar-refractivity contribution in [2.45, 2.75) is 26.4 Å². The molecule has 1 amide bonds. The summed E-state index contributed by atoms with van der Waals surface area (Å²) < 4.78 is 1.86. The van der Waals surface area contributed by atoms with E-state index in [1.807, 2.05) is 47.1 Å². The van der Waals surface area contributed by atoms with E-state index < -0.39 is 0 Å². The Morgan fingerprint density at radius 3 is 2.77 bits per heavy atom. The summed E-state index contributed by atoms with van der Waals surface area (Å²) in [5, 5.41) is 11.2. The molecule has 0 unspecified atom stereocenters. The zero-order chi connectivity index (χ0) is 15.4. The van der Waals surface area contributed by atoms with Crippen molar-refractivity contribution in [1.82, 2.24) is 20.3 Å². The lowest BCUT2D eigenvalue weighted by Crippen LogP contribution is -2.22. The lowest BCUT2D eigenvalue weighted by Gasteiger charge is -2.05. The second-order valence-electron chi connectivity index (χ2n) is 5.18. The zero-order valence-corrected chi connectivity index (χ0v) is 12.5. The third-order valence-electron chi connectivity index (χ3n) is 3.51. The van der Waals surface area contributed by atoms with Gasteiger partial charge in [0.15, 0.2) is 0 Å². The Morgan fingerprint density at radius 2 is 2.00 bits per heavy atom. The topological polar surface area (TPSA) is 59.8 Å². The van der Waals surface area contributed by atoms with Gasteiger partial charge in [-0.05, 0) is 30.2 Å². The highest BCUT2D eigenvalue weighted by atomic mass is 16.1. The van der Waals surface area contributed by atoms with E-state index >= 15 is 0 Å². The molecule has 0 bridgehead atoms. The Hall–Kier alpha value is -2.69. The van der Waals surface area contributed by atoms with Crippen LogP contribution in [0.2, 0.25) is 0 Å². The Morgan fingerprint density at radius 1 is 1.18 bits per heavy atom. The lowest BCUT2D eigenvalue weighted by molar-refractivity contribution is 0.0951. The minimum Gasteiger partial charge on any atom is -0.348 e. The number of hydrogen-bond donors (Lipinski definition) is 1. The van der Waals surface area contributed by atoms with Crippen LogP contribution in [0.3, 0.4) is 0 Å². The molecule has 3 aromatic rings. The fourth-order valence-electron chi connectivity index (χ4n) is 2.37. The molecule has 112 valence electrons. The molecule has 0 aliphatic rings. The van der Waals surface area contributed by atoms with Crippen molar-refractivity contribution in [2.75, 3.05) is 0 Å². The maximum atomic E-state index is 12.2. The van der Waals surface area contributed by atoms with Crippen LogP contribution in [0.4, 0.5) is 0 Å². The molecule has 1 aromatic heterocycles. The number of carbonyl (C=O) groups excluding carboxylic acids is 1. The van der Waals surface area contributed by atoms with E-state index in [1.54, 1.807) is 6.07 Å². The second-order valence-corrected chi connectivity index (χ2v) is 5.18. The molecular formula is C17H18N4O. The monoisotopic (exact) mass is 294 g/mol. The first-order chi connectivity index (χ1) is 10.8. The summed E-state index contributed by atoms with van der Waals surface area (Å²) in [7, 11) is 0. The average molecular weight is 294 g/mol. The number of carbonyl (C=O) groups is 1. The molecule has 1 N–H and O–H groups in total. The summed E-state index contributed by atoms with van der Waals surface area (Å²) in [5.41, 5.74) is 3.39. The highest BCUT2D eigenvalue weighted by molar-refractivity contribution is 5.97. The van der Waals surface area contributed by atoms with Crippen LogP contribution in [0.25, 0.3) is 11.0 Å². The van der Waals surface area contributed by atoms with Crippen LogP contribution < -0.4 is 5.32 Å². The van der Waals surface area contributed by atoms with Crippen LogP contribution in [0.15, 0.2) is 48.5 Å². The van der Waals surface area contributed by atoms with E-state index in [4.69, 9.17) is 0 Å². The number of hydrogen-bond acceptors (Lipinski definition) is 3. The van der Waals surface area contributed by atoms with Crippen molar-refractivity contribution in [3.8, 4) is 0 Å². The fraction of sp³-hybridized carbons (Fsp3) is 0.235. The number of amides is 1. The van der Waals surface area contributed by atoms with Gasteiger partial charge in [-0.15, -0.1) is 5.10 Å². The van der Waals surface area contributed by atoms with Crippen molar-refractivity contribution < 1.29 is 4.79 Å². The molecule has 22 heavy (non-hydrogen) atoms. The van der Waals surface area contributed by atoms with Gasteiger partial charge < -0.3 is 5.32 Å². The number of nitrogens with zero attached hydrogens (tertiary/aromatic N) is 3. The van der Waals surface area contributed by atoms with Gasteiger partial charge in [0.25, 0.3) is 5.91 Å². The van der Waals surface area contributed by atoms with Crippen LogP contribution in [-0.4, -0.2) is 20.9 Å². The standard InChI is InChI=1S/C17H18N4O/c1-2-10-21-16-9-8-14(11-15(16)19-20-21)17(22)18-12-13-6-4-3-5-7-13/h3-9,11H,2,10,12H2,1H3,(H,18,22). The molecule has 0 saturated carbocycles. The van der Waals surface area contributed by atoms with E-state index in [9.17, 15) is 4.79 Å². The molecule has 5 heteroatoms. The van der Waals surface area contributed by atoms with Gasteiger partial charge in [-0.2, -0.15) is 0 Å². The minimum absolute atomic E-state index is 0.101. The minimum atomic E-state index is -0.101. The summed E-state index contributed by atoms with van der Waals surface area (Å²) in [5.74, 6) is -0.101. The van der Waals surface area contributed by atoms with Gasteiger partial charge in [0.1, 0.15) is 5.52 Å². The van der Waals surface area contributed by atoms with Crippen molar-refractivity contribution >= 4 is 16.9 Å². The summed E-state index contributed by atoms with van der Waals surface area (Å²) in [6, 6.07) is 15.4. The molecule has 0 aliphatic carbocycles. The molecule has 0 saturated heterocycles. The van der Waals surface area contributed by atoms with Crippen LogP contribution >= 0.6 is 0 Å². The molecule has 0 fully saturated rings. The van der Waals surface area contributed by atoms with Gasteiger partial charge in [0, 0.05) is 18.7 Å². The second kappa shape index (κ2) is 6.39. The summed E-state index contributed by atoms with van der Waals surface area (Å²) >= 11 is 0. The number of aryl methyl sites for hydroxylation is 1. The van der Waals surface area contributed by atoms with Gasteiger partial charge in [-0.25, -0.2) is 4.68 Å². The van der Waals surface area contributed by atoms with E-state index in [0.717, 1.165) is 29.6 Å². The summed E-state index contributed by atoms with van der Waals surface area (Å²) in [6.45, 7) is 3.44. The fourth-order valence-corrected chi connectivity index (χ4v) is 2.37. The quantitative estimate of drug-likeness (QED) is 0.787. The van der Waals surface area contributed by atoms with Crippen LogP contribution in [0.5, 0.6) is 0 Å². The molecule has 0 atom stereocenters. The van der Waals surface area contributed by atoms with E-state index in [2.05, 4.69) is 22.6 Å². The first-order valence-electron chi connectivity index (χ1n) is 7.43. The Kier molecular flexibility index (Phi) is 4.14. The first kappa shape index (κ1) is 14.3. The van der Waals surface area contributed by atoms with Gasteiger partial charge >= 0.3 is 0 Å². The number of benzene rings is 2. The van der Waals surface area contributed by atoms with Crippen LogP contribution in [0.1, 0.15) is 29.3 Å². The normalized spacial score (nSPS) is 10.8. The molecule has 1 heterocycles. The molecule has 5 nitrogen and oxygen atoms in total. The summed E-state index contributed by atoms with van der Waals surface area (Å²) in [6.07, 6.45) is 0.998. The predicted octanol–water partition coefficient (Wildman–Crippen LogP) is 2.77. The molecule has 2 aromatic carbocycles. The van der Waals surface area contributed by atoms with Crippen molar-refractivity contribution in [1.29, 1.82) is 0 Å². The Bertz CT molecular complexity index is 780. The third-order valence-corrected chi connectivity index (χ3v) is 3.51. The van der Waals surface area contributed by atoms with Crippen molar-refractivity contribution in [3.63, 3.8) is 0 Å². The molecule has 0 radical (unpaired) electrons. The largest absolute Gasteiger partial charge is 0.348 e. The van der Waals surface area contributed by atoms with Gasteiger partial charge in [0.2, 0.25) is 0 Å². The number of nitrogens with one attached hydrogen (secondary N) is 1. The molecule has 3 rings (SSSR count). The van der Waals surface area contributed by atoms with E-state index in [-0.39, 0.29) is 5.91 Å². The summed E-state index contributed by atoms with van der Waals surface area (Å²) in [4.78, 5) is 12.2. The van der Waals surface area contributed by atoms with Crippen LogP contribution in [0, 0.1) is 0 Å². The van der Waals surface area contributed by atoms with E-state index in [1.165, 1.54) is 0 Å². The average Bonchev–Trinajstić information content (AvgIpc) is 2.96. The number of rotatable bonds is 5. The van der Waals surface area contributed by atoms with Gasteiger partial charge in [0.05, 0.1) is 5.52 Å². The highest BCUT2D eigenvalue weighted by Gasteiger charge is 2.09. The van der Waals surface area contributed by atoms with Crippen LogP contribution in [-0.2, 0) is 13.1 Å². The Labute approximate surface area is 129 Å².